The van der Waals surface area contributed by atoms with E-state index in [2.05, 4.69) is 121 Å². The van der Waals surface area contributed by atoms with Crippen LogP contribution in [0.5, 0.6) is 0 Å². The van der Waals surface area contributed by atoms with E-state index in [1.54, 1.807) is 0 Å². The summed E-state index contributed by atoms with van der Waals surface area (Å²) in [4.78, 5) is 20.4. The van der Waals surface area contributed by atoms with Crippen LogP contribution in [0.2, 0.25) is 0 Å². The molecule has 0 fully saturated rings. The number of benzene rings is 7. The molecule has 7 aromatic carbocycles. The van der Waals surface area contributed by atoms with Gasteiger partial charge in [0.05, 0.1) is 16.8 Å². The van der Waals surface area contributed by atoms with Crippen molar-refractivity contribution in [2.45, 2.75) is 5.41 Å². The summed E-state index contributed by atoms with van der Waals surface area (Å²) in [6.07, 6.45) is 0. The van der Waals surface area contributed by atoms with Crippen LogP contribution in [0, 0.1) is 0 Å². The van der Waals surface area contributed by atoms with Gasteiger partial charge in [-0.15, -0.1) is 0 Å². The first-order chi connectivity index (χ1) is 26.3. The van der Waals surface area contributed by atoms with Crippen LogP contribution in [0.1, 0.15) is 22.3 Å². The van der Waals surface area contributed by atoms with E-state index < -0.39 is 5.41 Å². The Morgan fingerprint density at radius 3 is 1.23 bits per heavy atom. The SMILES string of the molecule is c1ccc(-c2nc(-c3ccccc3)nc(-c3ccc(-c4nc5c(c6ccccc46)C4(c6ccccc6-c6ccccc64)c4ccccc4-5)cc3)n2)cc1. The van der Waals surface area contributed by atoms with Gasteiger partial charge in [-0.1, -0.05) is 182 Å². The van der Waals surface area contributed by atoms with Crippen molar-refractivity contribution >= 4 is 10.8 Å². The quantitative estimate of drug-likeness (QED) is 0.186. The van der Waals surface area contributed by atoms with E-state index in [-0.39, 0.29) is 0 Å². The molecule has 2 aliphatic carbocycles. The average Bonchev–Trinajstić information content (AvgIpc) is 3.71. The minimum atomic E-state index is -0.459. The summed E-state index contributed by atoms with van der Waals surface area (Å²) < 4.78 is 0. The standard InChI is InChI=1S/C49H30N4/c1-3-15-32(16-4-1)46-51-47(33-17-5-2-6-18-33)53-48(52-46)34-29-27-31(28-30-34)44-38-22-8-7-21-37(38)43-45(50-44)39-23-11-14-26-42(39)49(43)40-24-12-9-19-35(40)36-20-10-13-25-41(36)49/h1-30H. The van der Waals surface area contributed by atoms with Crippen molar-refractivity contribution in [2.75, 3.05) is 0 Å². The van der Waals surface area contributed by atoms with E-state index in [1.165, 1.54) is 44.3 Å². The minimum absolute atomic E-state index is 0.459. The third-order valence-corrected chi connectivity index (χ3v) is 10.9. The Balaban J connectivity index is 1.10. The number of fused-ring (bicyclic) bond motifs is 12. The van der Waals surface area contributed by atoms with E-state index in [9.17, 15) is 0 Å². The van der Waals surface area contributed by atoms with Crippen LogP contribution in [-0.4, -0.2) is 19.9 Å². The Hall–Kier alpha value is -7.04. The zero-order chi connectivity index (χ0) is 34.9. The normalized spacial score (nSPS) is 13.1. The maximum absolute atomic E-state index is 5.63. The molecule has 11 rings (SSSR count). The highest BCUT2D eigenvalue weighted by Crippen LogP contribution is 2.64. The molecule has 0 atom stereocenters. The number of nitrogens with zero attached hydrogens (tertiary/aromatic N) is 4. The summed E-state index contributed by atoms with van der Waals surface area (Å²) in [5, 5.41) is 2.35. The van der Waals surface area contributed by atoms with Gasteiger partial charge in [-0.05, 0) is 33.2 Å². The summed E-state index contributed by atoms with van der Waals surface area (Å²) >= 11 is 0. The van der Waals surface area contributed by atoms with Crippen LogP contribution in [0.4, 0.5) is 0 Å². The Bertz CT molecular complexity index is 2780. The molecule has 53 heavy (non-hydrogen) atoms. The fourth-order valence-corrected chi connectivity index (χ4v) is 8.72. The minimum Gasteiger partial charge on any atom is -0.247 e. The van der Waals surface area contributed by atoms with E-state index >= 15 is 0 Å². The van der Waals surface area contributed by atoms with E-state index in [4.69, 9.17) is 19.9 Å². The number of pyridine rings is 1. The molecule has 4 heteroatoms. The highest BCUT2D eigenvalue weighted by Gasteiger charge is 2.53. The number of aromatic nitrogens is 4. The van der Waals surface area contributed by atoms with Crippen molar-refractivity contribution in [3.8, 4) is 67.8 Å². The van der Waals surface area contributed by atoms with Gasteiger partial charge in [0.15, 0.2) is 17.5 Å². The van der Waals surface area contributed by atoms with Gasteiger partial charge in [0.1, 0.15) is 0 Å². The molecule has 246 valence electrons. The fourth-order valence-electron chi connectivity index (χ4n) is 8.72. The topological polar surface area (TPSA) is 51.6 Å². The van der Waals surface area contributed by atoms with E-state index in [1.807, 2.05) is 60.7 Å². The predicted molar refractivity (Wildman–Crippen MR) is 213 cm³/mol. The molecule has 0 radical (unpaired) electrons. The zero-order valence-corrected chi connectivity index (χ0v) is 28.6. The van der Waals surface area contributed by atoms with Crippen LogP contribution < -0.4 is 0 Å². The molecular formula is C49H30N4. The second-order valence-corrected chi connectivity index (χ2v) is 13.7. The molecule has 1 spiro atoms. The highest BCUT2D eigenvalue weighted by atomic mass is 15.0. The van der Waals surface area contributed by atoms with Crippen LogP contribution in [-0.2, 0) is 5.41 Å². The summed E-state index contributed by atoms with van der Waals surface area (Å²) in [6.45, 7) is 0. The number of hydrogen-bond donors (Lipinski definition) is 0. The van der Waals surface area contributed by atoms with Gasteiger partial charge in [0.25, 0.3) is 0 Å². The van der Waals surface area contributed by atoms with Gasteiger partial charge in [-0.2, -0.15) is 0 Å². The van der Waals surface area contributed by atoms with Crippen molar-refractivity contribution in [3.63, 3.8) is 0 Å². The molecule has 0 amide bonds. The molecule has 2 heterocycles. The lowest BCUT2D eigenvalue weighted by molar-refractivity contribution is 0.799. The van der Waals surface area contributed by atoms with Gasteiger partial charge in [0.2, 0.25) is 0 Å². The lowest BCUT2D eigenvalue weighted by atomic mass is 9.69. The monoisotopic (exact) mass is 674 g/mol. The second-order valence-electron chi connectivity index (χ2n) is 13.7. The molecule has 0 saturated carbocycles. The fraction of sp³-hybridized carbons (Fsp3) is 0.0204. The first kappa shape index (κ1) is 29.7. The summed E-state index contributed by atoms with van der Waals surface area (Å²) in [5.41, 5.74) is 14.4. The van der Waals surface area contributed by atoms with Crippen molar-refractivity contribution < 1.29 is 0 Å². The molecule has 9 aromatic rings. The predicted octanol–water partition coefficient (Wildman–Crippen LogP) is 11.4. The van der Waals surface area contributed by atoms with Gasteiger partial charge in [-0.3, -0.25) is 0 Å². The van der Waals surface area contributed by atoms with Crippen molar-refractivity contribution in [3.05, 3.63) is 204 Å². The van der Waals surface area contributed by atoms with Crippen LogP contribution in [0.25, 0.3) is 78.6 Å². The molecule has 0 bridgehead atoms. The van der Waals surface area contributed by atoms with Gasteiger partial charge < -0.3 is 0 Å². The van der Waals surface area contributed by atoms with Gasteiger partial charge >= 0.3 is 0 Å². The van der Waals surface area contributed by atoms with Crippen molar-refractivity contribution in [2.24, 2.45) is 0 Å². The molecule has 2 aromatic heterocycles. The molecule has 0 saturated heterocycles. The van der Waals surface area contributed by atoms with Crippen LogP contribution in [0.15, 0.2) is 182 Å². The summed E-state index contributed by atoms with van der Waals surface area (Å²) in [7, 11) is 0. The lowest BCUT2D eigenvalue weighted by Gasteiger charge is -2.31. The molecular weight excluding hydrogens is 645 g/mol. The van der Waals surface area contributed by atoms with Crippen LogP contribution >= 0.6 is 0 Å². The number of rotatable bonds is 4. The average molecular weight is 675 g/mol. The summed E-state index contributed by atoms with van der Waals surface area (Å²) in [6, 6.07) is 64.2. The van der Waals surface area contributed by atoms with Crippen LogP contribution in [0.3, 0.4) is 0 Å². The Labute approximate surface area is 307 Å². The first-order valence-corrected chi connectivity index (χ1v) is 18.0. The number of hydrogen-bond acceptors (Lipinski definition) is 4. The lowest BCUT2D eigenvalue weighted by Crippen LogP contribution is -2.26. The van der Waals surface area contributed by atoms with E-state index in [0.717, 1.165) is 39.0 Å². The van der Waals surface area contributed by atoms with Crippen molar-refractivity contribution in [1.29, 1.82) is 0 Å². The zero-order valence-electron chi connectivity index (χ0n) is 28.6. The largest absolute Gasteiger partial charge is 0.247 e. The molecule has 0 N–H and O–H groups in total. The smallest absolute Gasteiger partial charge is 0.164 e. The molecule has 0 unspecified atom stereocenters. The van der Waals surface area contributed by atoms with E-state index in [0.29, 0.717) is 17.5 Å². The first-order valence-electron chi connectivity index (χ1n) is 18.0. The maximum atomic E-state index is 5.63. The second kappa shape index (κ2) is 11.5. The maximum Gasteiger partial charge on any atom is 0.164 e. The molecule has 2 aliphatic rings. The molecule has 4 nitrogen and oxygen atoms in total. The Morgan fingerprint density at radius 1 is 0.283 bits per heavy atom. The van der Waals surface area contributed by atoms with Crippen molar-refractivity contribution in [1.82, 2.24) is 19.9 Å². The van der Waals surface area contributed by atoms with Gasteiger partial charge in [0, 0.05) is 38.8 Å². The molecule has 0 aliphatic heterocycles. The third-order valence-electron chi connectivity index (χ3n) is 10.9. The third kappa shape index (κ3) is 4.30. The highest BCUT2D eigenvalue weighted by molar-refractivity contribution is 6.06. The Kier molecular flexibility index (Phi) is 6.43. The van der Waals surface area contributed by atoms with Gasteiger partial charge in [-0.25, -0.2) is 19.9 Å². The Morgan fingerprint density at radius 2 is 0.679 bits per heavy atom. The summed E-state index contributed by atoms with van der Waals surface area (Å²) in [5.74, 6) is 1.92.